The van der Waals surface area contributed by atoms with Crippen molar-refractivity contribution in [3.8, 4) is 5.75 Å². The first-order chi connectivity index (χ1) is 19.4. The van der Waals surface area contributed by atoms with Gasteiger partial charge in [0.1, 0.15) is 5.75 Å². The zero-order chi connectivity index (χ0) is 28.3. The fourth-order valence-electron chi connectivity index (χ4n) is 4.79. The summed E-state index contributed by atoms with van der Waals surface area (Å²) >= 11 is 0. The second-order valence-corrected chi connectivity index (χ2v) is 10.3. The van der Waals surface area contributed by atoms with Gasteiger partial charge in [-0.15, -0.1) is 0 Å². The van der Waals surface area contributed by atoms with E-state index in [4.69, 9.17) is 4.74 Å². The maximum absolute atomic E-state index is 13.8. The Morgan fingerprint density at radius 2 is 1.45 bits per heavy atom. The second-order valence-electron chi connectivity index (χ2n) is 10.3. The number of methoxy groups -OCH3 is 1. The molecule has 0 saturated heterocycles. The molecule has 0 bridgehead atoms. The van der Waals surface area contributed by atoms with Gasteiger partial charge >= 0.3 is 0 Å². The Morgan fingerprint density at radius 1 is 0.775 bits per heavy atom. The minimum atomic E-state index is -0.0808. The molecule has 0 atom stereocenters. The lowest BCUT2D eigenvalue weighted by atomic mass is 10.1. The predicted octanol–water partition coefficient (Wildman–Crippen LogP) is 5.94. The monoisotopic (exact) mass is 537 g/mol. The van der Waals surface area contributed by atoms with Crippen LogP contribution >= 0.6 is 0 Å². The van der Waals surface area contributed by atoms with Crippen molar-refractivity contribution in [3.63, 3.8) is 0 Å². The smallest absolute Gasteiger partial charge is 0.242 e. The molecular weight excluding hydrogens is 498 g/mol. The molecule has 0 radical (unpaired) electrons. The van der Waals surface area contributed by atoms with Crippen LogP contribution in [0, 0.1) is 0 Å². The zero-order valence-corrected chi connectivity index (χ0v) is 23.7. The molecule has 0 aliphatic heterocycles. The van der Waals surface area contributed by atoms with E-state index in [0.717, 1.165) is 28.1 Å². The Balaban J connectivity index is 1.50. The van der Waals surface area contributed by atoms with Gasteiger partial charge in [-0.05, 0) is 61.2 Å². The Hall–Kier alpha value is -4.32. The number of hydrogen-bond acceptors (Lipinski definition) is 3. The molecule has 2 amide bonds. The van der Waals surface area contributed by atoms with E-state index >= 15 is 0 Å². The van der Waals surface area contributed by atoms with Crippen LogP contribution in [0.4, 0.5) is 0 Å². The molecule has 4 rings (SSSR count). The average molecular weight is 538 g/mol. The van der Waals surface area contributed by atoms with Gasteiger partial charge in [0.2, 0.25) is 11.8 Å². The topological polar surface area (TPSA) is 54.8 Å². The van der Waals surface area contributed by atoms with Crippen LogP contribution in [0.5, 0.6) is 5.75 Å². The molecule has 0 aliphatic carbocycles. The molecule has 1 heterocycles. The van der Waals surface area contributed by atoms with Crippen LogP contribution in [-0.4, -0.2) is 45.9 Å². The van der Waals surface area contributed by atoms with Gasteiger partial charge in [-0.3, -0.25) is 9.59 Å². The fourth-order valence-corrected chi connectivity index (χ4v) is 4.79. The van der Waals surface area contributed by atoms with Crippen molar-refractivity contribution < 1.29 is 14.3 Å². The second kappa shape index (κ2) is 14.2. The van der Waals surface area contributed by atoms with E-state index in [2.05, 4.69) is 16.7 Å². The summed E-state index contributed by atoms with van der Waals surface area (Å²) in [7, 11) is 1.67. The Bertz CT molecular complexity index is 1370. The third-order valence-electron chi connectivity index (χ3n) is 7.05. The number of nitrogens with zero attached hydrogens (tertiary/aromatic N) is 3. The van der Waals surface area contributed by atoms with Crippen LogP contribution in [-0.2, 0) is 35.6 Å². The predicted molar refractivity (Wildman–Crippen MR) is 159 cm³/mol. The van der Waals surface area contributed by atoms with E-state index in [9.17, 15) is 9.59 Å². The molecule has 0 fully saturated rings. The third kappa shape index (κ3) is 8.09. The normalized spacial score (nSPS) is 10.9. The number of hydrogen-bond donors (Lipinski definition) is 0. The van der Waals surface area contributed by atoms with Crippen molar-refractivity contribution in [1.29, 1.82) is 0 Å². The van der Waals surface area contributed by atoms with E-state index in [1.165, 1.54) is 0 Å². The van der Waals surface area contributed by atoms with Crippen LogP contribution in [0.25, 0.3) is 0 Å². The van der Waals surface area contributed by atoms with Gasteiger partial charge < -0.3 is 19.1 Å². The Kier molecular flexibility index (Phi) is 10.2. The number of benzene rings is 3. The first kappa shape index (κ1) is 28.7. The highest BCUT2D eigenvalue weighted by molar-refractivity contribution is 5.85. The maximum atomic E-state index is 13.8. The summed E-state index contributed by atoms with van der Waals surface area (Å²) in [5.74, 6) is 0.741. The maximum Gasteiger partial charge on any atom is 0.242 e. The van der Waals surface area contributed by atoms with Crippen LogP contribution < -0.4 is 4.74 Å². The van der Waals surface area contributed by atoms with Gasteiger partial charge in [0.25, 0.3) is 0 Å². The van der Waals surface area contributed by atoms with Crippen molar-refractivity contribution in [2.24, 2.45) is 0 Å². The molecular formula is C34H39N3O3. The van der Waals surface area contributed by atoms with E-state index in [0.29, 0.717) is 32.5 Å². The summed E-state index contributed by atoms with van der Waals surface area (Å²) in [4.78, 5) is 30.6. The summed E-state index contributed by atoms with van der Waals surface area (Å²) in [6.45, 7) is 5.56. The van der Waals surface area contributed by atoms with Crippen molar-refractivity contribution in [2.75, 3.05) is 13.7 Å². The van der Waals surface area contributed by atoms with Crippen LogP contribution in [0.15, 0.2) is 103 Å². The summed E-state index contributed by atoms with van der Waals surface area (Å²) in [5.41, 5.74) is 4.31. The minimum absolute atomic E-state index is 0.00624. The van der Waals surface area contributed by atoms with Gasteiger partial charge in [0.15, 0.2) is 0 Å². The van der Waals surface area contributed by atoms with Crippen molar-refractivity contribution >= 4 is 11.8 Å². The minimum Gasteiger partial charge on any atom is -0.497 e. The summed E-state index contributed by atoms with van der Waals surface area (Å²) < 4.78 is 7.55. The molecule has 0 spiro atoms. The quantitative estimate of drug-likeness (QED) is 0.212. The summed E-state index contributed by atoms with van der Waals surface area (Å²) in [6.07, 6.45) is 3.06. The molecule has 0 saturated carbocycles. The fraction of sp³-hybridized carbons (Fsp3) is 0.294. The summed E-state index contributed by atoms with van der Waals surface area (Å²) in [5, 5.41) is 0. The highest BCUT2D eigenvalue weighted by atomic mass is 16.5. The van der Waals surface area contributed by atoms with Crippen molar-refractivity contribution in [3.05, 3.63) is 126 Å². The number of ether oxygens (including phenoxy) is 1. The number of carbonyl (C=O) groups excluding carboxylic acids is 2. The standard InChI is InChI=1S/C34H39N3O3/c1-27(2)37(33(38)20-19-28-12-6-4-7-13-28)26-34(39)36(23-29-14-8-5-9-15-29)25-31-17-11-21-35(31)24-30-16-10-18-32(22-30)40-3/h4-18,21-22,27H,19-20,23-26H2,1-3H3. The molecule has 0 N–H and O–H groups in total. The van der Waals surface area contributed by atoms with E-state index in [1.54, 1.807) is 12.0 Å². The van der Waals surface area contributed by atoms with Gasteiger partial charge in [0, 0.05) is 37.4 Å². The van der Waals surface area contributed by atoms with Crippen LogP contribution in [0.2, 0.25) is 0 Å². The van der Waals surface area contributed by atoms with Gasteiger partial charge in [0.05, 0.1) is 20.2 Å². The average Bonchev–Trinajstić information content (AvgIpc) is 3.41. The SMILES string of the molecule is COc1cccc(Cn2cccc2CN(Cc2ccccc2)C(=O)CN(C(=O)CCc2ccccc2)C(C)C)c1. The van der Waals surface area contributed by atoms with E-state index < -0.39 is 0 Å². The number of amides is 2. The highest BCUT2D eigenvalue weighted by Gasteiger charge is 2.24. The number of carbonyl (C=O) groups is 2. The molecule has 3 aromatic carbocycles. The molecule has 208 valence electrons. The number of aromatic nitrogens is 1. The van der Waals surface area contributed by atoms with Crippen LogP contribution in [0.3, 0.4) is 0 Å². The molecule has 40 heavy (non-hydrogen) atoms. The molecule has 6 nitrogen and oxygen atoms in total. The van der Waals surface area contributed by atoms with Crippen molar-refractivity contribution in [1.82, 2.24) is 14.4 Å². The Morgan fingerprint density at radius 3 is 2.12 bits per heavy atom. The molecule has 0 unspecified atom stereocenters. The lowest BCUT2D eigenvalue weighted by Gasteiger charge is -2.30. The van der Waals surface area contributed by atoms with E-state index in [1.807, 2.05) is 110 Å². The van der Waals surface area contributed by atoms with Gasteiger partial charge in [-0.1, -0.05) is 72.8 Å². The first-order valence-corrected chi connectivity index (χ1v) is 13.8. The first-order valence-electron chi connectivity index (χ1n) is 13.8. The molecule has 4 aromatic rings. The van der Waals surface area contributed by atoms with Crippen molar-refractivity contribution in [2.45, 2.75) is 52.4 Å². The third-order valence-corrected chi connectivity index (χ3v) is 7.05. The van der Waals surface area contributed by atoms with Gasteiger partial charge in [-0.2, -0.15) is 0 Å². The summed E-state index contributed by atoms with van der Waals surface area (Å²) in [6, 6.07) is 32.0. The lowest BCUT2D eigenvalue weighted by Crippen LogP contribution is -2.45. The largest absolute Gasteiger partial charge is 0.497 e. The number of rotatable bonds is 13. The Labute approximate surface area is 237 Å². The molecule has 0 aliphatic rings. The van der Waals surface area contributed by atoms with Gasteiger partial charge in [-0.25, -0.2) is 0 Å². The number of aryl methyl sites for hydroxylation is 1. The molecule has 1 aromatic heterocycles. The lowest BCUT2D eigenvalue weighted by molar-refractivity contribution is -0.142. The molecule has 6 heteroatoms. The van der Waals surface area contributed by atoms with Crippen LogP contribution in [0.1, 0.15) is 42.7 Å². The zero-order valence-electron chi connectivity index (χ0n) is 23.7. The highest BCUT2D eigenvalue weighted by Crippen LogP contribution is 2.18. The van der Waals surface area contributed by atoms with E-state index in [-0.39, 0.29) is 24.4 Å².